The van der Waals surface area contributed by atoms with E-state index in [-0.39, 0.29) is 31.7 Å². The molecule has 1 rings (SSSR count). The first-order valence-corrected chi connectivity index (χ1v) is 6.77. The summed E-state index contributed by atoms with van der Waals surface area (Å²) in [5.41, 5.74) is 2.27. The molecule has 0 spiro atoms. The molecular weight excluding hydrogens is 278 g/mol. The molecule has 5 heteroatoms. The second-order valence-electron chi connectivity index (χ2n) is 5.00. The quantitative estimate of drug-likeness (QED) is 0.771. The van der Waals surface area contributed by atoms with Gasteiger partial charge in [0.15, 0.2) is 0 Å². The van der Waals surface area contributed by atoms with E-state index < -0.39 is 0 Å². The molecule has 1 aromatic carbocycles. The molecule has 0 heterocycles. The van der Waals surface area contributed by atoms with Gasteiger partial charge in [-0.25, -0.2) is 0 Å². The van der Waals surface area contributed by atoms with E-state index in [9.17, 15) is 0 Å². The summed E-state index contributed by atoms with van der Waals surface area (Å²) in [6.07, 6.45) is 0.130. The molecule has 0 saturated heterocycles. The summed E-state index contributed by atoms with van der Waals surface area (Å²) in [5.74, 6) is 0.876. The number of ether oxygens (including phenoxy) is 1. The van der Waals surface area contributed by atoms with Crippen molar-refractivity contribution in [1.82, 2.24) is 4.90 Å². The van der Waals surface area contributed by atoms with Gasteiger partial charge in [-0.2, -0.15) is 0 Å². The Kier molecular flexibility index (Phi) is 9.59. The summed E-state index contributed by atoms with van der Waals surface area (Å²) in [5, 5.41) is 18.1. The summed E-state index contributed by atoms with van der Waals surface area (Å²) < 4.78 is 5.81. The highest BCUT2D eigenvalue weighted by atomic mass is 35.5. The Labute approximate surface area is 127 Å². The smallest absolute Gasteiger partial charge is 0.124 e. The van der Waals surface area contributed by atoms with Crippen LogP contribution in [0.4, 0.5) is 0 Å². The van der Waals surface area contributed by atoms with E-state index >= 15 is 0 Å². The lowest BCUT2D eigenvalue weighted by Gasteiger charge is -2.23. The van der Waals surface area contributed by atoms with Crippen molar-refractivity contribution in [2.24, 2.45) is 0 Å². The van der Waals surface area contributed by atoms with Crippen molar-refractivity contribution in [3.05, 3.63) is 29.3 Å². The maximum atomic E-state index is 9.06. The molecule has 0 aliphatic heterocycles. The number of aliphatic hydroxyl groups excluding tert-OH is 2. The van der Waals surface area contributed by atoms with Crippen molar-refractivity contribution in [2.45, 2.75) is 33.4 Å². The van der Waals surface area contributed by atoms with E-state index in [0.717, 1.165) is 11.3 Å². The van der Waals surface area contributed by atoms with Crippen molar-refractivity contribution in [2.75, 3.05) is 26.3 Å². The largest absolute Gasteiger partial charge is 0.491 e. The third-order valence-corrected chi connectivity index (χ3v) is 2.81. The van der Waals surface area contributed by atoms with Gasteiger partial charge in [0.25, 0.3) is 0 Å². The van der Waals surface area contributed by atoms with Gasteiger partial charge in [-0.05, 0) is 26.8 Å². The van der Waals surface area contributed by atoms with Crippen molar-refractivity contribution in [3.63, 3.8) is 0 Å². The van der Waals surface area contributed by atoms with Crippen LogP contribution in [-0.4, -0.2) is 47.5 Å². The van der Waals surface area contributed by atoms with Gasteiger partial charge in [0.05, 0.1) is 19.3 Å². The van der Waals surface area contributed by atoms with Crippen LogP contribution in [0.25, 0.3) is 0 Å². The Balaban J connectivity index is 0.00000361. The molecule has 0 saturated carbocycles. The standard InChI is InChI=1S/C15H25NO3.ClH/c1-12(2)19-15-5-4-13(3)10-14(15)11-16(6-8-17)7-9-18;/h4-5,10,12,17-18H,6-9,11H2,1-3H3;1H. The van der Waals surface area contributed by atoms with Crippen LogP contribution >= 0.6 is 12.4 Å². The molecule has 2 N–H and O–H groups in total. The highest BCUT2D eigenvalue weighted by Gasteiger charge is 2.11. The molecule has 0 fully saturated rings. The monoisotopic (exact) mass is 303 g/mol. The lowest BCUT2D eigenvalue weighted by Crippen LogP contribution is -2.29. The summed E-state index contributed by atoms with van der Waals surface area (Å²) >= 11 is 0. The summed E-state index contributed by atoms with van der Waals surface area (Å²) in [6.45, 7) is 8.01. The minimum atomic E-state index is 0. The van der Waals surface area contributed by atoms with Crippen LogP contribution in [0.15, 0.2) is 18.2 Å². The predicted octanol–water partition coefficient (Wildman–Crippen LogP) is 1.99. The van der Waals surface area contributed by atoms with E-state index in [1.165, 1.54) is 5.56 Å². The zero-order valence-corrected chi connectivity index (χ0v) is 13.3. The molecule has 1 aromatic rings. The lowest BCUT2D eigenvalue weighted by molar-refractivity contribution is 0.153. The SMILES string of the molecule is Cc1ccc(OC(C)C)c(CN(CCO)CCO)c1.Cl. The van der Waals surface area contributed by atoms with Crippen LogP contribution in [0, 0.1) is 6.92 Å². The number of aryl methyl sites for hydroxylation is 1. The van der Waals surface area contributed by atoms with Gasteiger partial charge >= 0.3 is 0 Å². The van der Waals surface area contributed by atoms with Crippen LogP contribution < -0.4 is 4.74 Å². The first-order valence-electron chi connectivity index (χ1n) is 6.77. The Hall–Kier alpha value is -0.810. The fraction of sp³-hybridized carbons (Fsp3) is 0.600. The third-order valence-electron chi connectivity index (χ3n) is 2.81. The fourth-order valence-electron chi connectivity index (χ4n) is 1.99. The summed E-state index contributed by atoms with van der Waals surface area (Å²) in [7, 11) is 0. The number of aliphatic hydroxyl groups is 2. The van der Waals surface area contributed by atoms with Gasteiger partial charge in [0.1, 0.15) is 5.75 Å². The third kappa shape index (κ3) is 6.57. The highest BCUT2D eigenvalue weighted by molar-refractivity contribution is 5.85. The Bertz CT molecular complexity index is 379. The summed E-state index contributed by atoms with van der Waals surface area (Å²) in [4.78, 5) is 2.02. The van der Waals surface area contributed by atoms with Gasteiger partial charge in [-0.15, -0.1) is 12.4 Å². The second kappa shape index (κ2) is 10.00. The van der Waals surface area contributed by atoms with E-state index in [0.29, 0.717) is 19.6 Å². The van der Waals surface area contributed by atoms with Crippen LogP contribution in [0.1, 0.15) is 25.0 Å². The summed E-state index contributed by atoms with van der Waals surface area (Å²) in [6, 6.07) is 6.11. The number of hydrogen-bond acceptors (Lipinski definition) is 4. The maximum absolute atomic E-state index is 9.06. The number of nitrogens with zero attached hydrogens (tertiary/aromatic N) is 1. The van der Waals surface area contributed by atoms with Gasteiger partial charge < -0.3 is 14.9 Å². The molecule has 20 heavy (non-hydrogen) atoms. The zero-order chi connectivity index (χ0) is 14.3. The molecule has 0 aliphatic rings. The molecule has 0 amide bonds. The first-order chi connectivity index (χ1) is 9.06. The van der Waals surface area contributed by atoms with E-state index in [1.807, 2.05) is 37.8 Å². The Morgan fingerprint density at radius 3 is 2.25 bits per heavy atom. The maximum Gasteiger partial charge on any atom is 0.124 e. The fourth-order valence-corrected chi connectivity index (χ4v) is 1.99. The average molecular weight is 304 g/mol. The van der Waals surface area contributed by atoms with Crippen LogP contribution in [0.3, 0.4) is 0 Å². The first kappa shape index (κ1) is 19.2. The highest BCUT2D eigenvalue weighted by Crippen LogP contribution is 2.23. The number of rotatable bonds is 8. The van der Waals surface area contributed by atoms with Gasteiger partial charge in [-0.1, -0.05) is 17.7 Å². The minimum Gasteiger partial charge on any atom is -0.491 e. The molecule has 4 nitrogen and oxygen atoms in total. The normalized spacial score (nSPS) is 10.8. The van der Waals surface area contributed by atoms with E-state index in [1.54, 1.807) is 0 Å². The average Bonchev–Trinajstić information content (AvgIpc) is 2.33. The van der Waals surface area contributed by atoms with Crippen LogP contribution in [0.5, 0.6) is 5.75 Å². The van der Waals surface area contributed by atoms with Gasteiger partial charge in [0.2, 0.25) is 0 Å². The molecular formula is C15H26ClNO3. The van der Waals surface area contributed by atoms with Crippen molar-refractivity contribution in [1.29, 1.82) is 0 Å². The molecule has 0 radical (unpaired) electrons. The molecule has 0 unspecified atom stereocenters. The van der Waals surface area contributed by atoms with Gasteiger partial charge in [0, 0.05) is 25.2 Å². The van der Waals surface area contributed by atoms with Crippen molar-refractivity contribution in [3.8, 4) is 5.75 Å². The minimum absolute atomic E-state index is 0. The van der Waals surface area contributed by atoms with Crippen molar-refractivity contribution >= 4 is 12.4 Å². The molecule has 0 aliphatic carbocycles. The molecule has 0 bridgehead atoms. The Morgan fingerprint density at radius 2 is 1.75 bits per heavy atom. The second-order valence-corrected chi connectivity index (χ2v) is 5.00. The van der Waals surface area contributed by atoms with E-state index in [2.05, 4.69) is 6.07 Å². The van der Waals surface area contributed by atoms with Crippen LogP contribution in [-0.2, 0) is 6.54 Å². The molecule has 0 atom stereocenters. The lowest BCUT2D eigenvalue weighted by atomic mass is 10.1. The number of benzene rings is 1. The molecule has 116 valence electrons. The number of hydrogen-bond donors (Lipinski definition) is 2. The van der Waals surface area contributed by atoms with E-state index in [4.69, 9.17) is 14.9 Å². The van der Waals surface area contributed by atoms with Crippen LogP contribution in [0.2, 0.25) is 0 Å². The topological polar surface area (TPSA) is 52.9 Å². The van der Waals surface area contributed by atoms with Gasteiger partial charge in [-0.3, -0.25) is 4.90 Å². The van der Waals surface area contributed by atoms with Crippen molar-refractivity contribution < 1.29 is 14.9 Å². The zero-order valence-electron chi connectivity index (χ0n) is 12.5. The number of halogens is 1. The Morgan fingerprint density at radius 1 is 1.15 bits per heavy atom. The predicted molar refractivity (Wildman–Crippen MR) is 83.6 cm³/mol. The molecule has 0 aromatic heterocycles.